The van der Waals surface area contributed by atoms with Crippen molar-refractivity contribution in [2.75, 3.05) is 7.11 Å². The molecule has 0 heterocycles. The van der Waals surface area contributed by atoms with E-state index in [-0.39, 0.29) is 0 Å². The van der Waals surface area contributed by atoms with Crippen LogP contribution in [0.15, 0.2) is 54.6 Å². The molecule has 0 radical (unpaired) electrons. The number of hydrogen-bond donors (Lipinski definition) is 0. The van der Waals surface area contributed by atoms with Crippen LogP contribution in [0.4, 0.5) is 0 Å². The fourth-order valence-corrected chi connectivity index (χ4v) is 1.63. The van der Waals surface area contributed by atoms with Gasteiger partial charge >= 0.3 is 5.71 Å². The SMILES string of the molecule is COc1ccc(C(=[N+]=[N-])c2ccccc2)cc1. The van der Waals surface area contributed by atoms with Gasteiger partial charge in [-0.05, 0) is 36.4 Å². The van der Waals surface area contributed by atoms with Crippen LogP contribution < -0.4 is 4.74 Å². The quantitative estimate of drug-likeness (QED) is 0.449. The molecule has 0 aromatic heterocycles. The molecule has 0 aliphatic heterocycles. The van der Waals surface area contributed by atoms with E-state index < -0.39 is 0 Å². The Bertz CT molecular complexity index is 540. The minimum atomic E-state index is 0.549. The number of ether oxygens (including phenoxy) is 1. The van der Waals surface area contributed by atoms with Crippen molar-refractivity contribution < 1.29 is 9.53 Å². The standard InChI is InChI=1S/C14H12N2O/c1-17-13-9-7-12(8-10-13)14(16-15)11-5-3-2-4-6-11/h2-10H,1H3. The van der Waals surface area contributed by atoms with Crippen molar-refractivity contribution in [2.45, 2.75) is 0 Å². The van der Waals surface area contributed by atoms with Crippen LogP contribution in [0, 0.1) is 0 Å². The zero-order valence-electron chi connectivity index (χ0n) is 9.50. The third-order valence-electron chi connectivity index (χ3n) is 2.51. The lowest BCUT2D eigenvalue weighted by Crippen LogP contribution is -2.04. The van der Waals surface area contributed by atoms with Crippen molar-refractivity contribution in [1.82, 2.24) is 0 Å². The Morgan fingerprint density at radius 2 is 1.53 bits per heavy atom. The minimum absolute atomic E-state index is 0.549. The second kappa shape index (κ2) is 5.10. The zero-order chi connectivity index (χ0) is 12.1. The van der Waals surface area contributed by atoms with Gasteiger partial charge < -0.3 is 10.3 Å². The summed E-state index contributed by atoms with van der Waals surface area (Å²) in [5, 5.41) is 0. The van der Waals surface area contributed by atoms with Crippen molar-refractivity contribution in [3.63, 3.8) is 0 Å². The van der Waals surface area contributed by atoms with Gasteiger partial charge in [-0.3, -0.25) is 0 Å². The summed E-state index contributed by atoms with van der Waals surface area (Å²) >= 11 is 0. The van der Waals surface area contributed by atoms with E-state index >= 15 is 0 Å². The predicted molar refractivity (Wildman–Crippen MR) is 66.3 cm³/mol. The molecule has 0 aliphatic rings. The average Bonchev–Trinajstić information content (AvgIpc) is 2.42. The molecule has 0 N–H and O–H groups in total. The third-order valence-corrected chi connectivity index (χ3v) is 2.51. The molecule has 0 aliphatic carbocycles. The maximum absolute atomic E-state index is 9.12. The number of rotatable bonds is 3. The monoisotopic (exact) mass is 224 g/mol. The molecule has 84 valence electrons. The molecule has 3 heteroatoms. The first-order valence-corrected chi connectivity index (χ1v) is 5.27. The molecule has 0 unspecified atom stereocenters. The molecule has 2 aromatic rings. The molecule has 0 saturated carbocycles. The highest BCUT2D eigenvalue weighted by Gasteiger charge is 2.14. The fraction of sp³-hybridized carbons (Fsp3) is 0.0714. The molecule has 2 rings (SSSR count). The van der Waals surface area contributed by atoms with Crippen LogP contribution >= 0.6 is 0 Å². The number of methoxy groups -OCH3 is 1. The summed E-state index contributed by atoms with van der Waals surface area (Å²) in [4.78, 5) is 3.36. The molecule has 0 fully saturated rings. The average molecular weight is 224 g/mol. The zero-order valence-corrected chi connectivity index (χ0v) is 9.50. The first-order valence-electron chi connectivity index (χ1n) is 5.27. The van der Waals surface area contributed by atoms with Crippen molar-refractivity contribution in [3.05, 3.63) is 71.3 Å². The Morgan fingerprint density at radius 1 is 0.941 bits per heavy atom. The van der Waals surface area contributed by atoms with Crippen LogP contribution in [-0.4, -0.2) is 17.6 Å². The molecule has 0 saturated heterocycles. The van der Waals surface area contributed by atoms with Crippen LogP contribution in [0.2, 0.25) is 0 Å². The Labute approximate surface area is 99.9 Å². The first kappa shape index (κ1) is 11.1. The van der Waals surface area contributed by atoms with E-state index in [1.54, 1.807) is 7.11 Å². The van der Waals surface area contributed by atoms with E-state index in [2.05, 4.69) is 4.79 Å². The predicted octanol–water partition coefficient (Wildman–Crippen LogP) is 2.76. The Kier molecular flexibility index (Phi) is 3.34. The second-order valence-corrected chi connectivity index (χ2v) is 3.54. The number of hydrogen-bond acceptors (Lipinski definition) is 1. The summed E-state index contributed by atoms with van der Waals surface area (Å²) in [6.45, 7) is 0. The van der Waals surface area contributed by atoms with Gasteiger partial charge in [0.1, 0.15) is 5.75 Å². The third kappa shape index (κ3) is 2.41. The van der Waals surface area contributed by atoms with E-state index in [9.17, 15) is 0 Å². The molecular formula is C14H12N2O. The largest absolute Gasteiger partial charge is 0.497 e. The van der Waals surface area contributed by atoms with E-state index in [0.717, 1.165) is 16.9 Å². The molecule has 0 amide bonds. The van der Waals surface area contributed by atoms with Crippen LogP contribution in [0.25, 0.3) is 5.53 Å². The molecule has 0 spiro atoms. The van der Waals surface area contributed by atoms with Crippen LogP contribution in [0.3, 0.4) is 0 Å². The van der Waals surface area contributed by atoms with Crippen molar-refractivity contribution in [3.8, 4) is 5.75 Å². The lowest BCUT2D eigenvalue weighted by Gasteiger charge is -2.00. The van der Waals surface area contributed by atoms with Gasteiger partial charge in [-0.2, -0.15) is 4.79 Å². The van der Waals surface area contributed by atoms with Gasteiger partial charge in [0.05, 0.1) is 18.2 Å². The fourth-order valence-electron chi connectivity index (χ4n) is 1.63. The van der Waals surface area contributed by atoms with E-state index in [1.807, 2.05) is 54.6 Å². The second-order valence-electron chi connectivity index (χ2n) is 3.54. The Morgan fingerprint density at radius 3 is 2.06 bits per heavy atom. The molecule has 0 atom stereocenters. The summed E-state index contributed by atoms with van der Waals surface area (Å²) in [6, 6.07) is 16.9. The van der Waals surface area contributed by atoms with Gasteiger partial charge in [-0.15, -0.1) is 0 Å². The molecule has 2 aromatic carbocycles. The van der Waals surface area contributed by atoms with Crippen LogP contribution in [0.1, 0.15) is 11.1 Å². The summed E-state index contributed by atoms with van der Waals surface area (Å²) in [5.41, 5.74) is 11.4. The van der Waals surface area contributed by atoms with E-state index in [1.165, 1.54) is 0 Å². The molecular weight excluding hydrogens is 212 g/mol. The molecule has 3 nitrogen and oxygen atoms in total. The highest BCUT2D eigenvalue weighted by atomic mass is 16.5. The maximum atomic E-state index is 9.12. The lowest BCUT2D eigenvalue weighted by atomic mass is 10.0. The molecule has 0 bridgehead atoms. The van der Waals surface area contributed by atoms with Crippen molar-refractivity contribution in [2.24, 2.45) is 0 Å². The first-order chi connectivity index (χ1) is 8.35. The van der Waals surface area contributed by atoms with Gasteiger partial charge in [0.2, 0.25) is 0 Å². The summed E-state index contributed by atoms with van der Waals surface area (Å²) in [6.07, 6.45) is 0. The summed E-state index contributed by atoms with van der Waals surface area (Å²) in [7, 11) is 1.62. The highest BCUT2D eigenvalue weighted by Crippen LogP contribution is 2.14. The summed E-state index contributed by atoms with van der Waals surface area (Å²) in [5.74, 6) is 0.777. The van der Waals surface area contributed by atoms with Crippen molar-refractivity contribution >= 4 is 5.71 Å². The Hall–Kier alpha value is -2.38. The number of nitrogens with zero attached hydrogens (tertiary/aromatic N) is 2. The van der Waals surface area contributed by atoms with Crippen LogP contribution in [-0.2, 0) is 0 Å². The van der Waals surface area contributed by atoms with E-state index in [0.29, 0.717) is 5.71 Å². The van der Waals surface area contributed by atoms with Crippen LogP contribution in [0.5, 0.6) is 5.75 Å². The maximum Gasteiger partial charge on any atom is 0.329 e. The van der Waals surface area contributed by atoms with Gasteiger partial charge in [-0.1, -0.05) is 18.2 Å². The summed E-state index contributed by atoms with van der Waals surface area (Å²) < 4.78 is 5.09. The number of benzene rings is 2. The lowest BCUT2D eigenvalue weighted by molar-refractivity contribution is -0.00279. The van der Waals surface area contributed by atoms with Gasteiger partial charge in [-0.25, -0.2) is 0 Å². The molecule has 17 heavy (non-hydrogen) atoms. The topological polar surface area (TPSA) is 45.6 Å². The Balaban J connectivity index is 2.40. The highest BCUT2D eigenvalue weighted by molar-refractivity contribution is 6.09. The normalized spacial score (nSPS) is 9.47. The van der Waals surface area contributed by atoms with Gasteiger partial charge in [0.25, 0.3) is 0 Å². The smallest absolute Gasteiger partial charge is 0.329 e. The van der Waals surface area contributed by atoms with E-state index in [4.69, 9.17) is 10.3 Å². The minimum Gasteiger partial charge on any atom is -0.497 e. The van der Waals surface area contributed by atoms with Gasteiger partial charge in [0.15, 0.2) is 0 Å². The van der Waals surface area contributed by atoms with Crippen molar-refractivity contribution in [1.29, 1.82) is 0 Å². The van der Waals surface area contributed by atoms with Gasteiger partial charge in [0, 0.05) is 0 Å².